The smallest absolute Gasteiger partial charge is 0.410 e. The van der Waals surface area contributed by atoms with E-state index < -0.39 is 11.2 Å². The first-order valence-corrected chi connectivity index (χ1v) is 26.3. The number of ether oxygens (including phenoxy) is 6. The first kappa shape index (κ1) is 58.9. The van der Waals surface area contributed by atoms with Crippen LogP contribution >= 0.6 is 0 Å². The van der Waals surface area contributed by atoms with Gasteiger partial charge in [0, 0.05) is 74.9 Å². The Morgan fingerprint density at radius 2 is 0.850 bits per heavy atom. The summed E-state index contributed by atoms with van der Waals surface area (Å²) in [5, 5.41) is 8.51. The van der Waals surface area contributed by atoms with Crippen LogP contribution in [0.4, 0.5) is 9.59 Å². The van der Waals surface area contributed by atoms with Gasteiger partial charge in [-0.2, -0.15) is 10.2 Å². The van der Waals surface area contributed by atoms with Crippen LogP contribution in [0.2, 0.25) is 0 Å². The van der Waals surface area contributed by atoms with Gasteiger partial charge in [-0.05, 0) is 151 Å². The van der Waals surface area contributed by atoms with Gasteiger partial charge in [0.25, 0.3) is 0 Å². The van der Waals surface area contributed by atoms with Gasteiger partial charge in [0.05, 0.1) is 86.7 Å². The van der Waals surface area contributed by atoms with Crippen LogP contribution in [-0.4, -0.2) is 126 Å². The Hall–Kier alpha value is -8.80. The fourth-order valence-electron chi connectivity index (χ4n) is 8.49. The number of hydrogen-bond acceptors (Lipinski definition) is 14. The number of benzene rings is 4. The first-order chi connectivity index (χ1) is 37.9. The molecule has 4 aromatic carbocycles. The fraction of sp³-hybridized carbons (Fsp3) is 0.355. The van der Waals surface area contributed by atoms with Crippen LogP contribution in [0.5, 0.6) is 23.0 Å². The summed E-state index contributed by atoms with van der Waals surface area (Å²) >= 11 is 0. The number of aromatic nitrogens is 8. The topological polar surface area (TPSA) is 183 Å². The number of carbonyl (C=O) groups is 2. The third-order valence-corrected chi connectivity index (χ3v) is 12.5. The van der Waals surface area contributed by atoms with Crippen LogP contribution in [0.15, 0.2) is 122 Å². The van der Waals surface area contributed by atoms with E-state index >= 15 is 0 Å². The summed E-state index contributed by atoms with van der Waals surface area (Å²) < 4.78 is 37.1. The van der Waals surface area contributed by atoms with E-state index in [-0.39, 0.29) is 24.3 Å². The third kappa shape index (κ3) is 15.3. The summed E-state index contributed by atoms with van der Waals surface area (Å²) in [6.07, 6.45) is 14.2. The number of carbonyl (C=O) groups excluding carboxylic acids is 2. The highest BCUT2D eigenvalue weighted by molar-refractivity contribution is 5.89. The van der Waals surface area contributed by atoms with E-state index in [9.17, 15) is 9.59 Å². The maximum Gasteiger partial charge on any atom is 0.410 e. The quantitative estimate of drug-likeness (QED) is 0.0890. The van der Waals surface area contributed by atoms with Gasteiger partial charge in [0.15, 0.2) is 0 Å². The normalized spacial score (nSPS) is 12.1. The molecule has 0 aliphatic rings. The fourth-order valence-corrected chi connectivity index (χ4v) is 8.49. The van der Waals surface area contributed by atoms with Gasteiger partial charge in [-0.15, -0.1) is 0 Å². The van der Waals surface area contributed by atoms with Crippen LogP contribution in [0, 0.1) is 0 Å². The second-order valence-electron chi connectivity index (χ2n) is 21.6. The summed E-state index contributed by atoms with van der Waals surface area (Å²) in [6.45, 7) is 19.7. The zero-order valence-corrected chi connectivity index (χ0v) is 48.9. The summed E-state index contributed by atoms with van der Waals surface area (Å²) in [4.78, 5) is 48.5. The number of rotatable bonds is 16. The van der Waals surface area contributed by atoms with Crippen molar-refractivity contribution in [2.45, 2.75) is 92.5 Å². The lowest BCUT2D eigenvalue weighted by atomic mass is 9.96. The Bertz CT molecular complexity index is 3260. The molecular formula is C62H74N10O8. The van der Waals surface area contributed by atoms with Gasteiger partial charge >= 0.3 is 12.2 Å². The molecule has 4 aromatic heterocycles. The lowest BCUT2D eigenvalue weighted by molar-refractivity contribution is 0.0206. The molecule has 8 aromatic rings. The molecule has 420 valence electrons. The monoisotopic (exact) mass is 1090 g/mol. The second kappa shape index (κ2) is 25.3. The van der Waals surface area contributed by atoms with E-state index in [4.69, 9.17) is 38.4 Å². The van der Waals surface area contributed by atoms with E-state index in [1.54, 1.807) is 72.4 Å². The van der Waals surface area contributed by atoms with Crippen LogP contribution in [0.3, 0.4) is 0 Å². The van der Waals surface area contributed by atoms with Gasteiger partial charge < -0.3 is 38.2 Å². The summed E-state index contributed by atoms with van der Waals surface area (Å²) in [5.74, 6) is 2.64. The third-order valence-electron chi connectivity index (χ3n) is 12.5. The highest BCUT2D eigenvalue weighted by Gasteiger charge is 2.26. The first-order valence-electron chi connectivity index (χ1n) is 26.3. The van der Waals surface area contributed by atoms with Gasteiger partial charge in [0.2, 0.25) is 0 Å². The maximum absolute atomic E-state index is 13.0. The zero-order chi connectivity index (χ0) is 58.1. The lowest BCUT2D eigenvalue weighted by Crippen LogP contribution is -2.41. The molecule has 0 saturated heterocycles. The highest BCUT2D eigenvalue weighted by atomic mass is 16.6. The van der Waals surface area contributed by atoms with Crippen LogP contribution in [0.25, 0.3) is 55.7 Å². The minimum Gasteiger partial charge on any atom is -0.497 e. The molecule has 18 heteroatoms. The average Bonchev–Trinajstić information content (AvgIpc) is 4.09. The van der Waals surface area contributed by atoms with Crippen LogP contribution < -0.4 is 18.9 Å². The van der Waals surface area contributed by atoms with Crippen molar-refractivity contribution in [3.8, 4) is 45.5 Å². The van der Waals surface area contributed by atoms with Crippen molar-refractivity contribution >= 4 is 45.4 Å². The van der Waals surface area contributed by atoms with Crippen molar-refractivity contribution in [3.05, 3.63) is 144 Å². The summed E-state index contributed by atoms with van der Waals surface area (Å²) in [7, 11) is 10.2. The highest BCUT2D eigenvalue weighted by Crippen LogP contribution is 2.35. The van der Waals surface area contributed by atoms with Gasteiger partial charge in [-0.3, -0.25) is 19.3 Å². The van der Waals surface area contributed by atoms with E-state index in [0.717, 1.165) is 78.0 Å². The standard InChI is InChI=1S/2C31H37N5O4/c2*1-20(2)36(30(37)40-31(3,4)5)12-11-26(22-13-24(38-7)16-25(14-22)39-8)21-9-10-27-28(15-21)34-29(18-32-27)23-17-33-35(6)19-23/h2*9-11,13-20H,12H2,1-8H3/b26-11+;26-11-. The second-order valence-corrected chi connectivity index (χ2v) is 21.6. The van der Waals surface area contributed by atoms with Crippen molar-refractivity contribution in [3.63, 3.8) is 0 Å². The molecule has 2 amide bonds. The molecule has 0 saturated carbocycles. The number of nitrogens with zero attached hydrogens (tertiary/aromatic N) is 10. The minimum atomic E-state index is -0.597. The van der Waals surface area contributed by atoms with E-state index in [0.29, 0.717) is 36.1 Å². The van der Waals surface area contributed by atoms with Gasteiger partial charge in [0.1, 0.15) is 34.2 Å². The van der Waals surface area contributed by atoms with Crippen LogP contribution in [-0.2, 0) is 23.6 Å². The zero-order valence-electron chi connectivity index (χ0n) is 48.9. The molecule has 80 heavy (non-hydrogen) atoms. The number of methoxy groups -OCH3 is 4. The Kier molecular flexibility index (Phi) is 18.6. The molecule has 0 aliphatic carbocycles. The Morgan fingerprint density at radius 1 is 0.500 bits per heavy atom. The van der Waals surface area contributed by atoms with Crippen LogP contribution in [0.1, 0.15) is 91.5 Å². The number of hydrogen-bond donors (Lipinski definition) is 0. The molecule has 0 unspecified atom stereocenters. The number of aryl methyl sites for hydroxylation is 2. The van der Waals surface area contributed by atoms with Crippen molar-refractivity contribution in [1.82, 2.24) is 49.3 Å². The number of amides is 2. The largest absolute Gasteiger partial charge is 0.497 e. The van der Waals surface area contributed by atoms with Crippen molar-refractivity contribution in [1.29, 1.82) is 0 Å². The molecule has 0 N–H and O–H groups in total. The van der Waals surface area contributed by atoms with E-state index in [1.165, 1.54) is 0 Å². The van der Waals surface area contributed by atoms with E-state index in [2.05, 4.69) is 20.2 Å². The maximum atomic E-state index is 13.0. The molecule has 0 bridgehead atoms. The minimum absolute atomic E-state index is 0.0725. The molecule has 0 spiro atoms. The molecule has 18 nitrogen and oxygen atoms in total. The molecule has 4 heterocycles. The van der Waals surface area contributed by atoms with Crippen molar-refractivity contribution < 1.29 is 38.0 Å². The number of fused-ring (bicyclic) bond motifs is 2. The Balaban J connectivity index is 0.000000231. The van der Waals surface area contributed by atoms with Crippen molar-refractivity contribution in [2.75, 3.05) is 41.5 Å². The molecule has 0 fully saturated rings. The van der Waals surface area contributed by atoms with E-state index in [1.807, 2.05) is 181 Å². The van der Waals surface area contributed by atoms with Gasteiger partial charge in [-0.25, -0.2) is 19.6 Å². The average molecular weight is 1090 g/mol. The molecular weight excluding hydrogens is 1010 g/mol. The Morgan fingerprint density at radius 3 is 1.14 bits per heavy atom. The Labute approximate surface area is 469 Å². The van der Waals surface area contributed by atoms with Gasteiger partial charge in [-0.1, -0.05) is 24.3 Å². The molecule has 0 aliphatic heterocycles. The predicted molar refractivity (Wildman–Crippen MR) is 313 cm³/mol. The SMILES string of the molecule is COc1cc(OC)cc(/C(=C/CN(C(=O)OC(C)(C)C)C(C)C)c2ccc3ncc(-c4cnn(C)c4)nc3c2)c1.COc1cc(OC)cc(/C(=C\CN(C(=O)OC(C)(C)C)C(C)C)c2ccc3ncc(-c4cnn(C)c4)nc3c2)c1. The summed E-state index contributed by atoms with van der Waals surface area (Å²) in [6, 6.07) is 23.2. The van der Waals surface area contributed by atoms with Crippen molar-refractivity contribution in [2.24, 2.45) is 14.1 Å². The summed E-state index contributed by atoms with van der Waals surface area (Å²) in [5.41, 5.74) is 10.4. The predicted octanol–water partition coefficient (Wildman–Crippen LogP) is 12.2. The molecule has 0 atom stereocenters. The molecule has 0 radical (unpaired) electrons. The molecule has 8 rings (SSSR count). The lowest BCUT2D eigenvalue weighted by Gasteiger charge is -2.29.